The number of nitrogens with one attached hydrogen (secondary N) is 1. The zero-order chi connectivity index (χ0) is 12.3. The van der Waals surface area contributed by atoms with Crippen LogP contribution >= 0.6 is 15.9 Å². The second-order valence-corrected chi connectivity index (χ2v) is 5.47. The van der Waals surface area contributed by atoms with Gasteiger partial charge in [0.1, 0.15) is 5.75 Å². The lowest BCUT2D eigenvalue weighted by Crippen LogP contribution is -2.37. The van der Waals surface area contributed by atoms with E-state index in [2.05, 4.69) is 28.2 Å². The van der Waals surface area contributed by atoms with E-state index in [-0.39, 0.29) is 0 Å². The van der Waals surface area contributed by atoms with Crippen molar-refractivity contribution in [3.8, 4) is 5.75 Å². The van der Waals surface area contributed by atoms with Crippen LogP contribution in [0.5, 0.6) is 5.75 Å². The molecule has 0 amide bonds. The Morgan fingerprint density at radius 2 is 2.35 bits per heavy atom. The van der Waals surface area contributed by atoms with Crippen LogP contribution in [-0.2, 0) is 11.3 Å². The Kier molecular flexibility index (Phi) is 4.42. The third kappa shape index (κ3) is 3.69. The van der Waals surface area contributed by atoms with Crippen molar-refractivity contribution in [1.29, 1.82) is 0 Å². The van der Waals surface area contributed by atoms with E-state index in [1.807, 2.05) is 12.1 Å². The summed E-state index contributed by atoms with van der Waals surface area (Å²) in [5.41, 5.74) is 0.929. The first-order valence-electron chi connectivity index (χ1n) is 5.97. The van der Waals surface area contributed by atoms with Crippen molar-refractivity contribution in [2.24, 2.45) is 0 Å². The Bertz CT molecular complexity index is 384. The molecule has 1 aliphatic rings. The molecule has 2 rings (SSSR count). The predicted octanol–water partition coefficient (Wildman–Crippen LogP) is 2.81. The van der Waals surface area contributed by atoms with E-state index >= 15 is 0 Å². The van der Waals surface area contributed by atoms with Gasteiger partial charge in [0.15, 0.2) is 0 Å². The summed E-state index contributed by atoms with van der Waals surface area (Å²) in [5, 5.41) is 13.2. The summed E-state index contributed by atoms with van der Waals surface area (Å²) >= 11 is 3.41. The minimum absolute atomic E-state index is 0.331. The molecule has 1 saturated heterocycles. The smallest absolute Gasteiger partial charge is 0.120 e. The Labute approximate surface area is 110 Å². The molecule has 0 radical (unpaired) electrons. The van der Waals surface area contributed by atoms with Crippen LogP contribution in [0, 0.1) is 0 Å². The minimum atomic E-state index is 0.331. The van der Waals surface area contributed by atoms with Gasteiger partial charge in [-0.2, -0.15) is 0 Å². The van der Waals surface area contributed by atoms with Crippen molar-refractivity contribution in [2.45, 2.75) is 38.5 Å². The Morgan fingerprint density at radius 1 is 1.53 bits per heavy atom. The van der Waals surface area contributed by atoms with E-state index in [1.54, 1.807) is 6.07 Å². The van der Waals surface area contributed by atoms with E-state index in [0.717, 1.165) is 29.5 Å². The van der Waals surface area contributed by atoms with Gasteiger partial charge < -0.3 is 15.2 Å². The molecule has 0 spiro atoms. The molecule has 1 aromatic carbocycles. The summed E-state index contributed by atoms with van der Waals surface area (Å²) in [5.74, 6) is 0.348. The van der Waals surface area contributed by atoms with Crippen LogP contribution in [0.4, 0.5) is 0 Å². The second kappa shape index (κ2) is 5.85. The van der Waals surface area contributed by atoms with Crippen molar-refractivity contribution >= 4 is 15.9 Å². The van der Waals surface area contributed by atoms with Gasteiger partial charge in [0.05, 0.1) is 6.10 Å². The van der Waals surface area contributed by atoms with E-state index in [0.29, 0.717) is 24.4 Å². The Hall–Kier alpha value is -0.580. The normalized spacial score (nSPS) is 24.8. The second-order valence-electron chi connectivity index (χ2n) is 4.56. The highest BCUT2D eigenvalue weighted by Crippen LogP contribution is 2.22. The van der Waals surface area contributed by atoms with E-state index in [4.69, 9.17) is 4.74 Å². The molecule has 1 aromatic rings. The lowest BCUT2D eigenvalue weighted by Gasteiger charge is -2.28. The molecule has 1 fully saturated rings. The predicted molar refractivity (Wildman–Crippen MR) is 71.1 cm³/mol. The summed E-state index contributed by atoms with van der Waals surface area (Å²) in [6.07, 6.45) is 2.41. The maximum absolute atomic E-state index is 9.73. The van der Waals surface area contributed by atoms with Gasteiger partial charge in [0.25, 0.3) is 0 Å². The van der Waals surface area contributed by atoms with Gasteiger partial charge in [-0.15, -0.1) is 0 Å². The van der Waals surface area contributed by atoms with Gasteiger partial charge in [-0.25, -0.2) is 0 Å². The Morgan fingerprint density at radius 3 is 3.12 bits per heavy atom. The van der Waals surface area contributed by atoms with Crippen LogP contribution in [-0.4, -0.2) is 23.9 Å². The molecule has 4 heteroatoms. The number of rotatable bonds is 3. The third-order valence-corrected chi connectivity index (χ3v) is 3.60. The number of ether oxygens (including phenoxy) is 1. The first kappa shape index (κ1) is 12.9. The summed E-state index contributed by atoms with van der Waals surface area (Å²) in [6.45, 7) is 3.62. The van der Waals surface area contributed by atoms with Crippen LogP contribution in [0.3, 0.4) is 0 Å². The summed E-state index contributed by atoms with van der Waals surface area (Å²) < 4.78 is 6.50. The zero-order valence-corrected chi connectivity index (χ0v) is 11.5. The van der Waals surface area contributed by atoms with Crippen LogP contribution in [0.15, 0.2) is 22.7 Å². The number of phenolic OH excluding ortho intramolecular Hbond substituents is 1. The number of hydrogen-bond acceptors (Lipinski definition) is 3. The molecule has 2 N–H and O–H groups in total. The number of halogens is 1. The van der Waals surface area contributed by atoms with Crippen molar-refractivity contribution in [3.63, 3.8) is 0 Å². The van der Waals surface area contributed by atoms with E-state index < -0.39 is 0 Å². The summed E-state index contributed by atoms with van der Waals surface area (Å²) in [6, 6.07) is 5.99. The summed E-state index contributed by atoms with van der Waals surface area (Å²) in [4.78, 5) is 0. The minimum Gasteiger partial charge on any atom is -0.508 e. The molecule has 0 aliphatic carbocycles. The molecule has 0 bridgehead atoms. The SMILES string of the molecule is CC1CC(NCc2cc(Br)ccc2O)CCO1. The fourth-order valence-electron chi connectivity index (χ4n) is 2.13. The van der Waals surface area contributed by atoms with Crippen LogP contribution in [0.25, 0.3) is 0 Å². The third-order valence-electron chi connectivity index (χ3n) is 3.11. The van der Waals surface area contributed by atoms with E-state index in [9.17, 15) is 5.11 Å². The molecule has 94 valence electrons. The maximum Gasteiger partial charge on any atom is 0.120 e. The Balaban J connectivity index is 1.90. The lowest BCUT2D eigenvalue weighted by molar-refractivity contribution is 0.0130. The number of benzene rings is 1. The van der Waals surface area contributed by atoms with Crippen molar-refractivity contribution in [1.82, 2.24) is 5.32 Å². The van der Waals surface area contributed by atoms with Gasteiger partial charge >= 0.3 is 0 Å². The van der Waals surface area contributed by atoms with Gasteiger partial charge in [0, 0.05) is 29.2 Å². The summed E-state index contributed by atoms with van der Waals surface area (Å²) in [7, 11) is 0. The maximum atomic E-state index is 9.73. The van der Waals surface area contributed by atoms with Gasteiger partial charge in [-0.3, -0.25) is 0 Å². The topological polar surface area (TPSA) is 41.5 Å². The zero-order valence-electron chi connectivity index (χ0n) is 9.95. The van der Waals surface area contributed by atoms with Gasteiger partial charge in [-0.05, 0) is 38.0 Å². The van der Waals surface area contributed by atoms with Crippen molar-refractivity contribution in [3.05, 3.63) is 28.2 Å². The molecule has 17 heavy (non-hydrogen) atoms. The highest BCUT2D eigenvalue weighted by Gasteiger charge is 2.18. The largest absolute Gasteiger partial charge is 0.508 e. The van der Waals surface area contributed by atoms with Crippen molar-refractivity contribution < 1.29 is 9.84 Å². The first-order valence-corrected chi connectivity index (χ1v) is 6.77. The van der Waals surface area contributed by atoms with Gasteiger partial charge in [0.2, 0.25) is 0 Å². The van der Waals surface area contributed by atoms with Crippen molar-refractivity contribution in [2.75, 3.05) is 6.61 Å². The number of aromatic hydroxyl groups is 1. The standard InChI is InChI=1S/C13H18BrNO2/c1-9-6-12(4-5-17-9)15-8-10-7-11(14)2-3-13(10)16/h2-3,7,9,12,15-16H,4-6,8H2,1H3. The fraction of sp³-hybridized carbons (Fsp3) is 0.538. The highest BCUT2D eigenvalue weighted by atomic mass is 79.9. The average molecular weight is 300 g/mol. The first-order chi connectivity index (χ1) is 8.15. The number of hydrogen-bond donors (Lipinski definition) is 2. The molecule has 2 unspecified atom stereocenters. The quantitative estimate of drug-likeness (QED) is 0.902. The number of phenols is 1. The molecule has 0 saturated carbocycles. The van der Waals surface area contributed by atoms with Gasteiger partial charge in [-0.1, -0.05) is 15.9 Å². The monoisotopic (exact) mass is 299 g/mol. The van der Waals surface area contributed by atoms with Crippen LogP contribution < -0.4 is 5.32 Å². The molecular formula is C13H18BrNO2. The molecular weight excluding hydrogens is 282 g/mol. The van der Waals surface area contributed by atoms with Crippen LogP contribution in [0.2, 0.25) is 0 Å². The molecule has 1 heterocycles. The van der Waals surface area contributed by atoms with E-state index in [1.165, 1.54) is 0 Å². The lowest BCUT2D eigenvalue weighted by atomic mass is 10.0. The molecule has 0 aromatic heterocycles. The highest BCUT2D eigenvalue weighted by molar-refractivity contribution is 9.10. The molecule has 3 nitrogen and oxygen atoms in total. The molecule has 2 atom stereocenters. The molecule has 1 aliphatic heterocycles. The fourth-order valence-corrected chi connectivity index (χ4v) is 2.54. The van der Waals surface area contributed by atoms with Crippen LogP contribution in [0.1, 0.15) is 25.3 Å². The average Bonchev–Trinajstić information content (AvgIpc) is 2.30.